The lowest BCUT2D eigenvalue weighted by Crippen LogP contribution is -2.29. The molecule has 0 amide bonds. The third-order valence-electron chi connectivity index (χ3n) is 3.11. The largest absolute Gasteiger partial charge is 0.481 e. The third kappa shape index (κ3) is 4.21. The van der Waals surface area contributed by atoms with Gasteiger partial charge in [0.1, 0.15) is 6.54 Å². The Labute approximate surface area is 123 Å². The van der Waals surface area contributed by atoms with Crippen molar-refractivity contribution in [3.8, 4) is 5.88 Å². The van der Waals surface area contributed by atoms with Crippen LogP contribution >= 0.6 is 0 Å². The molecule has 1 aromatic carbocycles. The number of carboxylic acids is 1. The highest BCUT2D eigenvalue weighted by Gasteiger charge is 2.11. The SMILES string of the molecule is COc1ccc(CN(CC(=O)O)c2ccc(C)cc2)cn1. The molecule has 0 saturated heterocycles. The van der Waals surface area contributed by atoms with Crippen molar-refractivity contribution in [2.75, 3.05) is 18.6 Å². The maximum absolute atomic E-state index is 11.1. The predicted octanol–water partition coefficient (Wildman–Crippen LogP) is 2.49. The molecule has 21 heavy (non-hydrogen) atoms. The number of ether oxygens (including phenoxy) is 1. The van der Waals surface area contributed by atoms with Gasteiger partial charge in [0.25, 0.3) is 0 Å². The minimum absolute atomic E-state index is 0.0604. The van der Waals surface area contributed by atoms with Crippen LogP contribution in [-0.2, 0) is 11.3 Å². The van der Waals surface area contributed by atoms with E-state index in [0.717, 1.165) is 16.8 Å². The second kappa shape index (κ2) is 6.74. The lowest BCUT2D eigenvalue weighted by Gasteiger charge is -2.23. The van der Waals surface area contributed by atoms with E-state index in [9.17, 15) is 4.79 Å². The van der Waals surface area contributed by atoms with Crippen molar-refractivity contribution in [3.63, 3.8) is 0 Å². The number of pyridine rings is 1. The van der Waals surface area contributed by atoms with Crippen molar-refractivity contribution in [1.29, 1.82) is 0 Å². The molecule has 0 saturated carbocycles. The molecule has 0 atom stereocenters. The molecule has 1 heterocycles. The van der Waals surface area contributed by atoms with Crippen LogP contribution in [0.1, 0.15) is 11.1 Å². The van der Waals surface area contributed by atoms with E-state index in [1.54, 1.807) is 24.3 Å². The van der Waals surface area contributed by atoms with Crippen molar-refractivity contribution < 1.29 is 14.6 Å². The van der Waals surface area contributed by atoms with Crippen molar-refractivity contribution >= 4 is 11.7 Å². The van der Waals surface area contributed by atoms with E-state index in [-0.39, 0.29) is 6.54 Å². The second-order valence-corrected chi connectivity index (χ2v) is 4.79. The number of aromatic nitrogens is 1. The number of aryl methyl sites for hydroxylation is 1. The fourth-order valence-electron chi connectivity index (χ4n) is 2.00. The lowest BCUT2D eigenvalue weighted by atomic mass is 10.2. The summed E-state index contributed by atoms with van der Waals surface area (Å²) in [5.74, 6) is -0.323. The fraction of sp³-hybridized carbons (Fsp3) is 0.250. The van der Waals surface area contributed by atoms with E-state index in [1.807, 2.05) is 37.3 Å². The van der Waals surface area contributed by atoms with Crippen LogP contribution in [-0.4, -0.2) is 29.7 Å². The molecule has 1 aromatic heterocycles. The Hall–Kier alpha value is -2.56. The quantitative estimate of drug-likeness (QED) is 0.884. The third-order valence-corrected chi connectivity index (χ3v) is 3.11. The molecule has 0 aliphatic rings. The Morgan fingerprint density at radius 2 is 1.95 bits per heavy atom. The topological polar surface area (TPSA) is 62.7 Å². The molecule has 2 rings (SSSR count). The van der Waals surface area contributed by atoms with Crippen LogP contribution in [0.2, 0.25) is 0 Å². The van der Waals surface area contributed by atoms with Crippen molar-refractivity contribution in [1.82, 2.24) is 4.98 Å². The first-order chi connectivity index (χ1) is 10.1. The normalized spacial score (nSPS) is 10.2. The molecule has 0 radical (unpaired) electrons. The van der Waals surface area contributed by atoms with Crippen molar-refractivity contribution in [2.45, 2.75) is 13.5 Å². The van der Waals surface area contributed by atoms with Gasteiger partial charge in [-0.25, -0.2) is 4.98 Å². The first-order valence-corrected chi connectivity index (χ1v) is 6.61. The average molecular weight is 286 g/mol. The number of carbonyl (C=O) groups is 1. The minimum Gasteiger partial charge on any atom is -0.481 e. The van der Waals surface area contributed by atoms with Gasteiger partial charge in [-0.2, -0.15) is 0 Å². The number of nitrogens with zero attached hydrogens (tertiary/aromatic N) is 2. The Morgan fingerprint density at radius 3 is 2.48 bits per heavy atom. The highest BCUT2D eigenvalue weighted by Crippen LogP contribution is 2.18. The molecule has 0 aliphatic heterocycles. The van der Waals surface area contributed by atoms with Crippen molar-refractivity contribution in [3.05, 3.63) is 53.7 Å². The molecule has 0 bridgehead atoms. The summed E-state index contributed by atoms with van der Waals surface area (Å²) in [6.45, 7) is 2.42. The highest BCUT2D eigenvalue weighted by molar-refractivity contribution is 5.73. The highest BCUT2D eigenvalue weighted by atomic mass is 16.5. The zero-order valence-corrected chi connectivity index (χ0v) is 12.1. The monoisotopic (exact) mass is 286 g/mol. The Balaban J connectivity index is 2.19. The van der Waals surface area contributed by atoms with Crippen molar-refractivity contribution in [2.24, 2.45) is 0 Å². The standard InChI is InChI=1S/C16H18N2O3/c1-12-3-6-14(7-4-12)18(11-16(19)20)10-13-5-8-15(21-2)17-9-13/h3-9H,10-11H2,1-2H3,(H,19,20). The number of hydrogen-bond acceptors (Lipinski definition) is 4. The predicted molar refractivity (Wildman–Crippen MR) is 80.7 cm³/mol. The summed E-state index contributed by atoms with van der Waals surface area (Å²) in [5, 5.41) is 9.08. The average Bonchev–Trinajstić information content (AvgIpc) is 2.48. The van der Waals surface area contributed by atoms with E-state index < -0.39 is 5.97 Å². The molecular formula is C16H18N2O3. The number of carboxylic acid groups (broad SMARTS) is 1. The zero-order chi connectivity index (χ0) is 15.2. The molecule has 0 fully saturated rings. The van der Waals surface area contributed by atoms with E-state index in [2.05, 4.69) is 4.98 Å². The van der Waals surface area contributed by atoms with E-state index in [1.165, 1.54) is 0 Å². The maximum Gasteiger partial charge on any atom is 0.323 e. The summed E-state index contributed by atoms with van der Waals surface area (Å²) in [6, 6.07) is 11.4. The van der Waals surface area contributed by atoms with Crippen LogP contribution in [0.4, 0.5) is 5.69 Å². The van der Waals surface area contributed by atoms with E-state index >= 15 is 0 Å². The first kappa shape index (κ1) is 14.8. The fourth-order valence-corrected chi connectivity index (χ4v) is 2.00. The number of benzene rings is 1. The van der Waals surface area contributed by atoms with Crippen LogP contribution < -0.4 is 9.64 Å². The number of hydrogen-bond donors (Lipinski definition) is 1. The molecular weight excluding hydrogens is 268 g/mol. The Bertz CT molecular complexity index is 594. The number of aliphatic carboxylic acids is 1. The molecule has 2 aromatic rings. The number of anilines is 1. The van der Waals surface area contributed by atoms with Crippen LogP contribution in [0.15, 0.2) is 42.6 Å². The lowest BCUT2D eigenvalue weighted by molar-refractivity contribution is -0.135. The number of methoxy groups -OCH3 is 1. The van der Waals surface area contributed by atoms with Gasteiger partial charge in [-0.05, 0) is 24.6 Å². The number of rotatable bonds is 6. The summed E-state index contributed by atoms with van der Waals surface area (Å²) in [5.41, 5.74) is 2.94. The molecule has 5 nitrogen and oxygen atoms in total. The minimum atomic E-state index is -0.864. The molecule has 110 valence electrons. The van der Waals surface area contributed by atoms with Gasteiger partial charge in [0.05, 0.1) is 7.11 Å². The van der Waals surface area contributed by atoms with Gasteiger partial charge in [0.2, 0.25) is 5.88 Å². The van der Waals surface area contributed by atoms with E-state index in [0.29, 0.717) is 12.4 Å². The smallest absolute Gasteiger partial charge is 0.323 e. The van der Waals surface area contributed by atoms with Gasteiger partial charge >= 0.3 is 5.97 Å². The van der Waals surface area contributed by atoms with Gasteiger partial charge in [0, 0.05) is 24.5 Å². The molecule has 5 heteroatoms. The van der Waals surface area contributed by atoms with Gasteiger partial charge in [-0.3, -0.25) is 4.79 Å². The van der Waals surface area contributed by atoms with Gasteiger partial charge in [-0.15, -0.1) is 0 Å². The Morgan fingerprint density at radius 1 is 1.24 bits per heavy atom. The zero-order valence-electron chi connectivity index (χ0n) is 12.1. The van der Waals surface area contributed by atoms with Crippen LogP contribution in [0.5, 0.6) is 5.88 Å². The van der Waals surface area contributed by atoms with Crippen LogP contribution in [0.3, 0.4) is 0 Å². The summed E-state index contributed by atoms with van der Waals surface area (Å²) in [4.78, 5) is 17.0. The maximum atomic E-state index is 11.1. The Kier molecular flexibility index (Phi) is 4.77. The van der Waals surface area contributed by atoms with Crippen LogP contribution in [0.25, 0.3) is 0 Å². The summed E-state index contributed by atoms with van der Waals surface area (Å²) in [6.07, 6.45) is 1.70. The van der Waals surface area contributed by atoms with Crippen LogP contribution in [0, 0.1) is 6.92 Å². The summed E-state index contributed by atoms with van der Waals surface area (Å²) in [7, 11) is 1.56. The summed E-state index contributed by atoms with van der Waals surface area (Å²) < 4.78 is 5.02. The second-order valence-electron chi connectivity index (χ2n) is 4.79. The van der Waals surface area contributed by atoms with Gasteiger partial charge in [-0.1, -0.05) is 23.8 Å². The first-order valence-electron chi connectivity index (χ1n) is 6.61. The molecule has 0 unspecified atom stereocenters. The molecule has 0 spiro atoms. The summed E-state index contributed by atoms with van der Waals surface area (Å²) >= 11 is 0. The van der Waals surface area contributed by atoms with Gasteiger partial charge < -0.3 is 14.7 Å². The molecule has 0 aliphatic carbocycles. The van der Waals surface area contributed by atoms with Gasteiger partial charge in [0.15, 0.2) is 0 Å². The van der Waals surface area contributed by atoms with E-state index in [4.69, 9.17) is 9.84 Å². The molecule has 1 N–H and O–H groups in total.